The summed E-state index contributed by atoms with van der Waals surface area (Å²) in [6.07, 6.45) is 0. The zero-order valence-corrected chi connectivity index (χ0v) is 34.4. The minimum atomic E-state index is 0.877. The van der Waals surface area contributed by atoms with Crippen LogP contribution in [0.1, 0.15) is 0 Å². The number of para-hydroxylation sites is 4. The first-order valence-electron chi connectivity index (χ1n) is 21.5. The Hall–Kier alpha value is -8.40. The third-order valence-electron chi connectivity index (χ3n) is 12.4. The standard InChI is InChI=1S/C60H40N2O/c1-3-15-41(16-4-1)43-29-33-46(34-30-43)61(47-35-31-44(32-36-47)42-17-5-2-6-18-42)49-37-38-50(56(40-49)55-25-14-24-54-53-23-9-12-28-59(53)63-60(54)55)45-19-13-20-48(39-45)62-57-26-10-7-21-51(57)52-22-8-11-27-58(52)62/h1-40H. The van der Waals surface area contributed by atoms with Crippen LogP contribution in [0.2, 0.25) is 0 Å². The number of hydrogen-bond acceptors (Lipinski definition) is 2. The molecule has 0 radical (unpaired) electrons. The fourth-order valence-electron chi connectivity index (χ4n) is 9.43. The summed E-state index contributed by atoms with van der Waals surface area (Å²) in [6.45, 7) is 0. The molecule has 0 aliphatic carbocycles. The van der Waals surface area contributed by atoms with Gasteiger partial charge in [-0.15, -0.1) is 0 Å². The molecule has 0 saturated carbocycles. The second-order valence-corrected chi connectivity index (χ2v) is 16.1. The smallest absolute Gasteiger partial charge is 0.143 e. The third-order valence-corrected chi connectivity index (χ3v) is 12.4. The van der Waals surface area contributed by atoms with Crippen molar-refractivity contribution < 1.29 is 4.42 Å². The van der Waals surface area contributed by atoms with Crippen LogP contribution in [-0.2, 0) is 0 Å². The Morgan fingerprint density at radius 1 is 0.302 bits per heavy atom. The number of nitrogens with zero attached hydrogens (tertiary/aromatic N) is 2. The summed E-state index contributed by atoms with van der Waals surface area (Å²) < 4.78 is 9.16. The first-order chi connectivity index (χ1) is 31.2. The molecular weight excluding hydrogens is 765 g/mol. The molecule has 0 aliphatic heterocycles. The highest BCUT2D eigenvalue weighted by atomic mass is 16.3. The highest BCUT2D eigenvalue weighted by Crippen LogP contribution is 2.45. The number of aromatic nitrogens is 1. The molecule has 0 bridgehead atoms. The van der Waals surface area contributed by atoms with Crippen LogP contribution in [0.5, 0.6) is 0 Å². The molecule has 0 aliphatic rings. The predicted molar refractivity (Wildman–Crippen MR) is 264 cm³/mol. The van der Waals surface area contributed by atoms with Crippen LogP contribution in [0, 0.1) is 0 Å². The van der Waals surface area contributed by atoms with Crippen molar-refractivity contribution in [1.82, 2.24) is 4.57 Å². The molecule has 0 fully saturated rings. The molecule has 296 valence electrons. The van der Waals surface area contributed by atoms with Gasteiger partial charge in [0.15, 0.2) is 0 Å². The lowest BCUT2D eigenvalue weighted by Crippen LogP contribution is -2.10. The first kappa shape index (κ1) is 36.5. The van der Waals surface area contributed by atoms with Crippen LogP contribution < -0.4 is 4.90 Å². The Kier molecular flexibility index (Phi) is 8.83. The number of fused-ring (bicyclic) bond motifs is 6. The lowest BCUT2D eigenvalue weighted by atomic mass is 9.92. The van der Waals surface area contributed by atoms with E-state index in [0.717, 1.165) is 66.9 Å². The molecule has 0 saturated heterocycles. The Labute approximate surface area is 366 Å². The Bertz CT molecular complexity index is 3470. The van der Waals surface area contributed by atoms with E-state index in [9.17, 15) is 0 Å². The molecule has 0 N–H and O–H groups in total. The number of rotatable bonds is 8. The Balaban J connectivity index is 1.07. The summed E-state index contributed by atoms with van der Waals surface area (Å²) in [4.78, 5) is 2.37. The van der Waals surface area contributed by atoms with Gasteiger partial charge in [0.2, 0.25) is 0 Å². The average Bonchev–Trinajstić information content (AvgIpc) is 3.91. The van der Waals surface area contributed by atoms with Gasteiger partial charge in [0.05, 0.1) is 11.0 Å². The second-order valence-electron chi connectivity index (χ2n) is 16.1. The van der Waals surface area contributed by atoms with E-state index in [1.165, 1.54) is 44.1 Å². The maximum Gasteiger partial charge on any atom is 0.143 e. The SMILES string of the molecule is c1ccc(-c2ccc(N(c3ccc(-c4ccccc4)cc3)c3ccc(-c4cccc(-n5c6ccccc6c6ccccc65)c4)c(-c4cccc5c4oc4ccccc45)c3)cc2)cc1. The zero-order chi connectivity index (χ0) is 41.7. The summed E-state index contributed by atoms with van der Waals surface area (Å²) in [5, 5.41) is 4.70. The van der Waals surface area contributed by atoms with Crippen LogP contribution in [0.4, 0.5) is 17.1 Å². The summed E-state index contributed by atoms with van der Waals surface area (Å²) in [5.74, 6) is 0. The Morgan fingerprint density at radius 3 is 1.43 bits per heavy atom. The summed E-state index contributed by atoms with van der Waals surface area (Å²) in [5.41, 5.74) is 17.5. The molecule has 3 heteroatoms. The van der Waals surface area contributed by atoms with Gasteiger partial charge >= 0.3 is 0 Å². The lowest BCUT2D eigenvalue weighted by molar-refractivity contribution is 0.670. The average molecular weight is 805 g/mol. The van der Waals surface area contributed by atoms with Gasteiger partial charge in [0.1, 0.15) is 11.2 Å². The van der Waals surface area contributed by atoms with Crippen LogP contribution in [0.15, 0.2) is 247 Å². The van der Waals surface area contributed by atoms with Gasteiger partial charge in [-0.1, -0.05) is 176 Å². The number of anilines is 3. The topological polar surface area (TPSA) is 21.3 Å². The number of furan rings is 1. The van der Waals surface area contributed by atoms with E-state index in [2.05, 4.69) is 246 Å². The van der Waals surface area contributed by atoms with E-state index in [1.807, 2.05) is 6.07 Å². The van der Waals surface area contributed by atoms with E-state index in [1.54, 1.807) is 0 Å². The molecule has 2 heterocycles. The van der Waals surface area contributed by atoms with Crippen molar-refractivity contribution in [2.75, 3.05) is 4.90 Å². The van der Waals surface area contributed by atoms with Crippen molar-refractivity contribution >= 4 is 60.8 Å². The molecule has 2 aromatic heterocycles. The number of hydrogen-bond donors (Lipinski definition) is 0. The normalized spacial score (nSPS) is 11.5. The fourth-order valence-corrected chi connectivity index (χ4v) is 9.43. The molecule has 0 amide bonds. The van der Waals surface area contributed by atoms with Crippen molar-refractivity contribution in [3.63, 3.8) is 0 Å². The van der Waals surface area contributed by atoms with Gasteiger partial charge in [0, 0.05) is 49.9 Å². The van der Waals surface area contributed by atoms with E-state index in [-0.39, 0.29) is 0 Å². The molecule has 12 aromatic rings. The van der Waals surface area contributed by atoms with Crippen LogP contribution in [0.3, 0.4) is 0 Å². The third kappa shape index (κ3) is 6.38. The fraction of sp³-hybridized carbons (Fsp3) is 0. The largest absolute Gasteiger partial charge is 0.455 e. The highest BCUT2D eigenvalue weighted by Gasteiger charge is 2.21. The maximum atomic E-state index is 6.77. The minimum absolute atomic E-state index is 0.877. The number of benzene rings is 10. The highest BCUT2D eigenvalue weighted by molar-refractivity contribution is 6.11. The maximum absolute atomic E-state index is 6.77. The lowest BCUT2D eigenvalue weighted by Gasteiger charge is -2.27. The molecule has 10 aromatic carbocycles. The van der Waals surface area contributed by atoms with Gasteiger partial charge in [0.25, 0.3) is 0 Å². The van der Waals surface area contributed by atoms with Gasteiger partial charge in [-0.2, -0.15) is 0 Å². The molecule has 12 rings (SSSR count). The summed E-state index contributed by atoms with van der Waals surface area (Å²) >= 11 is 0. The Morgan fingerprint density at radius 2 is 0.794 bits per heavy atom. The van der Waals surface area contributed by atoms with Crippen LogP contribution in [-0.4, -0.2) is 4.57 Å². The zero-order valence-electron chi connectivity index (χ0n) is 34.4. The second kappa shape index (κ2) is 15.3. The van der Waals surface area contributed by atoms with Crippen molar-refractivity contribution in [1.29, 1.82) is 0 Å². The quantitative estimate of drug-likeness (QED) is 0.153. The van der Waals surface area contributed by atoms with E-state index < -0.39 is 0 Å². The molecule has 0 unspecified atom stereocenters. The molecule has 0 atom stereocenters. The first-order valence-corrected chi connectivity index (χ1v) is 21.5. The van der Waals surface area contributed by atoms with Gasteiger partial charge in [-0.25, -0.2) is 0 Å². The van der Waals surface area contributed by atoms with Gasteiger partial charge < -0.3 is 13.9 Å². The van der Waals surface area contributed by atoms with E-state index in [0.29, 0.717) is 0 Å². The van der Waals surface area contributed by atoms with E-state index >= 15 is 0 Å². The minimum Gasteiger partial charge on any atom is -0.455 e. The van der Waals surface area contributed by atoms with Gasteiger partial charge in [-0.05, 0) is 106 Å². The summed E-state index contributed by atoms with van der Waals surface area (Å²) in [7, 11) is 0. The van der Waals surface area contributed by atoms with Crippen molar-refractivity contribution in [2.45, 2.75) is 0 Å². The predicted octanol–water partition coefficient (Wildman–Crippen LogP) is 16.8. The van der Waals surface area contributed by atoms with Crippen molar-refractivity contribution in [2.24, 2.45) is 0 Å². The molecular formula is C60H40N2O. The van der Waals surface area contributed by atoms with Crippen LogP contribution in [0.25, 0.3) is 93.9 Å². The monoisotopic (exact) mass is 804 g/mol. The van der Waals surface area contributed by atoms with Crippen LogP contribution >= 0.6 is 0 Å². The van der Waals surface area contributed by atoms with Gasteiger partial charge in [-0.3, -0.25) is 0 Å². The molecule has 0 spiro atoms. The molecule has 63 heavy (non-hydrogen) atoms. The van der Waals surface area contributed by atoms with E-state index in [4.69, 9.17) is 4.42 Å². The van der Waals surface area contributed by atoms with Crippen molar-refractivity contribution in [3.05, 3.63) is 243 Å². The molecule has 3 nitrogen and oxygen atoms in total. The summed E-state index contributed by atoms with van der Waals surface area (Å²) in [6, 6.07) is 87.1. The van der Waals surface area contributed by atoms with Crippen molar-refractivity contribution in [3.8, 4) is 50.2 Å².